The van der Waals surface area contributed by atoms with Crippen LogP contribution in [0.1, 0.15) is 28.8 Å². The van der Waals surface area contributed by atoms with E-state index in [1.165, 1.54) is 15.3 Å². The largest absolute Gasteiger partial charge is 0.352 e. The molecule has 4 rings (SSSR count). The van der Waals surface area contributed by atoms with Gasteiger partial charge in [0.15, 0.2) is 5.82 Å². The molecule has 0 atom stereocenters. The predicted molar refractivity (Wildman–Crippen MR) is 107 cm³/mol. The molecule has 0 amide bonds. The summed E-state index contributed by atoms with van der Waals surface area (Å²) >= 11 is 0. The maximum atomic E-state index is 12.6. The van der Waals surface area contributed by atoms with Crippen molar-refractivity contribution < 1.29 is 8.42 Å². The van der Waals surface area contributed by atoms with Crippen LogP contribution in [-0.2, 0) is 22.9 Å². The number of nitrogens with zero attached hydrogens (tertiary/aromatic N) is 4. The number of rotatable bonds is 4. The lowest BCUT2D eigenvalue weighted by Crippen LogP contribution is -2.48. The third-order valence-electron chi connectivity index (χ3n) is 5.24. The molecule has 1 aromatic carbocycles. The summed E-state index contributed by atoms with van der Waals surface area (Å²) in [6.07, 6.45) is 4.89. The van der Waals surface area contributed by atoms with Gasteiger partial charge in [0.1, 0.15) is 0 Å². The van der Waals surface area contributed by atoms with Crippen molar-refractivity contribution in [2.75, 3.05) is 31.1 Å². The smallest absolute Gasteiger partial charge is 0.236 e. The second-order valence-electron chi connectivity index (χ2n) is 7.17. The van der Waals surface area contributed by atoms with E-state index in [0.29, 0.717) is 26.2 Å². The molecular formula is C20H24N4O2S. The molecule has 7 heteroatoms. The van der Waals surface area contributed by atoms with Crippen molar-refractivity contribution in [3.05, 3.63) is 58.1 Å². The lowest BCUT2D eigenvalue weighted by atomic mass is 10.2. The van der Waals surface area contributed by atoms with Crippen LogP contribution in [0.3, 0.4) is 0 Å². The van der Waals surface area contributed by atoms with Gasteiger partial charge in [-0.2, -0.15) is 9.40 Å². The van der Waals surface area contributed by atoms with Gasteiger partial charge in [0.2, 0.25) is 10.0 Å². The molecule has 2 aliphatic rings. The molecule has 1 saturated heterocycles. The second-order valence-corrected chi connectivity index (χ2v) is 8.99. The number of piperazine rings is 1. The van der Waals surface area contributed by atoms with Gasteiger partial charge >= 0.3 is 0 Å². The minimum absolute atomic E-state index is 0.458. The fourth-order valence-electron chi connectivity index (χ4n) is 3.57. The quantitative estimate of drug-likeness (QED) is 0.810. The number of hydrogen-bond donors (Lipinski definition) is 0. The monoisotopic (exact) mass is 384 g/mol. The molecule has 142 valence electrons. The van der Waals surface area contributed by atoms with Crippen molar-refractivity contribution in [2.24, 2.45) is 0 Å². The minimum atomic E-state index is -3.42. The van der Waals surface area contributed by atoms with E-state index in [1.54, 1.807) is 6.08 Å². The summed E-state index contributed by atoms with van der Waals surface area (Å²) < 4.78 is 26.8. The van der Waals surface area contributed by atoms with Gasteiger partial charge in [-0.15, -0.1) is 5.10 Å². The maximum Gasteiger partial charge on any atom is 0.236 e. The van der Waals surface area contributed by atoms with Gasteiger partial charge in [0.05, 0.1) is 5.69 Å². The third kappa shape index (κ3) is 4.04. The first-order chi connectivity index (χ1) is 13.0. The summed E-state index contributed by atoms with van der Waals surface area (Å²) in [5.74, 6) is 0.864. The van der Waals surface area contributed by atoms with E-state index >= 15 is 0 Å². The molecule has 27 heavy (non-hydrogen) atoms. The van der Waals surface area contributed by atoms with Gasteiger partial charge < -0.3 is 4.90 Å². The fraction of sp³-hybridized carbons (Fsp3) is 0.400. The third-order valence-corrected chi connectivity index (χ3v) is 6.80. The number of aromatic nitrogens is 2. The van der Waals surface area contributed by atoms with Crippen molar-refractivity contribution in [2.45, 2.75) is 26.2 Å². The molecule has 0 saturated carbocycles. The highest BCUT2D eigenvalue weighted by atomic mass is 32.2. The van der Waals surface area contributed by atoms with Crippen LogP contribution in [0, 0.1) is 6.92 Å². The Labute approximate surface area is 160 Å². The molecule has 1 aliphatic heterocycles. The van der Waals surface area contributed by atoms with E-state index in [0.717, 1.165) is 41.9 Å². The number of sulfonamides is 1. The van der Waals surface area contributed by atoms with E-state index in [1.807, 2.05) is 31.2 Å². The van der Waals surface area contributed by atoms with E-state index in [2.05, 4.69) is 21.2 Å². The Balaban J connectivity index is 1.40. The summed E-state index contributed by atoms with van der Waals surface area (Å²) in [5, 5.41) is 9.98. The summed E-state index contributed by atoms with van der Waals surface area (Å²) in [7, 11) is -3.42. The highest BCUT2D eigenvalue weighted by molar-refractivity contribution is 7.92. The van der Waals surface area contributed by atoms with Gasteiger partial charge in [0, 0.05) is 31.6 Å². The van der Waals surface area contributed by atoms with Crippen LogP contribution in [0.25, 0.3) is 6.08 Å². The molecule has 6 nitrogen and oxygen atoms in total. The Morgan fingerprint density at radius 2 is 1.74 bits per heavy atom. The lowest BCUT2D eigenvalue weighted by molar-refractivity contribution is 0.388. The van der Waals surface area contributed by atoms with Gasteiger partial charge in [-0.25, -0.2) is 8.42 Å². The topological polar surface area (TPSA) is 66.4 Å². The second kappa shape index (κ2) is 7.40. The molecule has 0 unspecified atom stereocenters. The molecule has 2 aromatic rings. The van der Waals surface area contributed by atoms with Crippen LogP contribution in [0.5, 0.6) is 0 Å². The Hall–Kier alpha value is -2.25. The van der Waals surface area contributed by atoms with E-state index < -0.39 is 10.0 Å². The van der Waals surface area contributed by atoms with E-state index in [4.69, 9.17) is 0 Å². The van der Waals surface area contributed by atoms with Crippen molar-refractivity contribution >= 4 is 21.9 Å². The van der Waals surface area contributed by atoms with Crippen LogP contribution in [0.15, 0.2) is 35.7 Å². The molecule has 0 spiro atoms. The first-order valence-electron chi connectivity index (χ1n) is 9.37. The zero-order valence-corrected chi connectivity index (χ0v) is 16.3. The van der Waals surface area contributed by atoms with Gasteiger partial charge in [-0.1, -0.05) is 29.8 Å². The molecule has 0 radical (unpaired) electrons. The fourth-order valence-corrected chi connectivity index (χ4v) is 4.75. The highest BCUT2D eigenvalue weighted by Gasteiger charge is 2.26. The van der Waals surface area contributed by atoms with Crippen LogP contribution >= 0.6 is 0 Å². The van der Waals surface area contributed by atoms with Crippen molar-refractivity contribution in [1.29, 1.82) is 0 Å². The Bertz CT molecular complexity index is 946. The number of benzene rings is 1. The van der Waals surface area contributed by atoms with Crippen molar-refractivity contribution in [1.82, 2.24) is 14.5 Å². The highest BCUT2D eigenvalue weighted by Crippen LogP contribution is 2.24. The molecule has 0 bridgehead atoms. The first-order valence-corrected chi connectivity index (χ1v) is 10.9. The van der Waals surface area contributed by atoms with Gasteiger partial charge in [-0.05, 0) is 49.5 Å². The molecule has 1 fully saturated rings. The standard InChI is InChI=1S/C20H24N4O2S/c1-16-5-7-17(8-6-16)9-14-27(25,26)24-12-10-23(11-13-24)20-15-18-3-2-4-19(18)21-22-20/h5-9,14-15H,2-4,10-13H2,1H3/b14-9+. The predicted octanol–water partition coefficient (Wildman–Crippen LogP) is 2.40. The number of hydrogen-bond acceptors (Lipinski definition) is 5. The molecule has 2 heterocycles. The number of anilines is 1. The lowest BCUT2D eigenvalue weighted by Gasteiger charge is -2.33. The Morgan fingerprint density at radius 3 is 2.48 bits per heavy atom. The van der Waals surface area contributed by atoms with Gasteiger partial charge in [0.25, 0.3) is 0 Å². The zero-order valence-electron chi connectivity index (χ0n) is 15.5. The Morgan fingerprint density at radius 1 is 1.00 bits per heavy atom. The van der Waals surface area contributed by atoms with E-state index in [9.17, 15) is 8.42 Å². The average molecular weight is 385 g/mol. The first kappa shape index (κ1) is 18.1. The number of aryl methyl sites for hydroxylation is 3. The Kier molecular flexibility index (Phi) is 4.97. The summed E-state index contributed by atoms with van der Waals surface area (Å²) in [5.41, 5.74) is 4.44. The zero-order chi connectivity index (χ0) is 18.9. The van der Waals surface area contributed by atoms with Crippen LogP contribution in [0.4, 0.5) is 5.82 Å². The maximum absolute atomic E-state index is 12.6. The summed E-state index contributed by atoms with van der Waals surface area (Å²) in [6.45, 7) is 4.18. The summed E-state index contributed by atoms with van der Waals surface area (Å²) in [6, 6.07) is 9.92. The molecule has 0 N–H and O–H groups in total. The van der Waals surface area contributed by atoms with Crippen LogP contribution < -0.4 is 4.90 Å². The van der Waals surface area contributed by atoms with Crippen LogP contribution in [0.2, 0.25) is 0 Å². The molecule has 1 aromatic heterocycles. The average Bonchev–Trinajstić information content (AvgIpc) is 3.15. The molecular weight excluding hydrogens is 360 g/mol. The van der Waals surface area contributed by atoms with Gasteiger partial charge in [-0.3, -0.25) is 0 Å². The number of fused-ring (bicyclic) bond motifs is 1. The molecule has 1 aliphatic carbocycles. The SMILES string of the molecule is Cc1ccc(/C=C/S(=O)(=O)N2CCN(c3cc4c(nn3)CCC4)CC2)cc1. The summed E-state index contributed by atoms with van der Waals surface area (Å²) in [4.78, 5) is 2.13. The van der Waals surface area contributed by atoms with Crippen molar-refractivity contribution in [3.8, 4) is 0 Å². The van der Waals surface area contributed by atoms with E-state index in [-0.39, 0.29) is 0 Å². The van der Waals surface area contributed by atoms with Crippen LogP contribution in [-0.4, -0.2) is 49.1 Å². The minimum Gasteiger partial charge on any atom is -0.352 e. The van der Waals surface area contributed by atoms with Crippen molar-refractivity contribution in [3.63, 3.8) is 0 Å². The normalized spacial score (nSPS) is 18.2.